The summed E-state index contributed by atoms with van der Waals surface area (Å²) in [7, 11) is 2.41. The van der Waals surface area contributed by atoms with Crippen molar-refractivity contribution in [2.75, 3.05) is 19.4 Å². The Kier molecular flexibility index (Phi) is 9.10. The van der Waals surface area contributed by atoms with Crippen LogP contribution in [0.25, 0.3) is 0 Å². The molecule has 0 fully saturated rings. The summed E-state index contributed by atoms with van der Waals surface area (Å²) in [6, 6.07) is 0. The fourth-order valence-corrected chi connectivity index (χ4v) is 0.873. The molecule has 0 saturated heterocycles. The first kappa shape index (κ1) is 10.0. The van der Waals surface area contributed by atoms with E-state index in [0.29, 0.717) is 0 Å². The maximum absolute atomic E-state index is 5.35. The van der Waals surface area contributed by atoms with E-state index in [9.17, 15) is 0 Å². The molecule has 0 aromatic rings. The summed E-state index contributed by atoms with van der Waals surface area (Å²) >= 11 is 0. The van der Waals surface area contributed by atoms with E-state index >= 15 is 0 Å². The second-order valence-electron chi connectivity index (χ2n) is 2.60. The van der Waals surface area contributed by atoms with Crippen LogP contribution in [0.4, 0.5) is 0 Å². The summed E-state index contributed by atoms with van der Waals surface area (Å²) in [5, 5.41) is 3.35. The predicted molar refractivity (Wildman–Crippen MR) is 51.5 cm³/mol. The molecule has 0 bridgehead atoms. The van der Waals surface area contributed by atoms with Crippen molar-refractivity contribution in [1.82, 2.24) is 5.32 Å². The van der Waals surface area contributed by atoms with Gasteiger partial charge in [0.25, 0.3) is 0 Å². The highest BCUT2D eigenvalue weighted by molar-refractivity contribution is 6.35. The molecule has 58 valence electrons. The monoisotopic (exact) mass is 140 g/mol. The van der Waals surface area contributed by atoms with Gasteiger partial charge in [-0.25, -0.2) is 0 Å². The maximum atomic E-state index is 5.35. The summed E-state index contributed by atoms with van der Waals surface area (Å²) in [5.41, 5.74) is 5.35. The molecule has 3 N–H and O–H groups in total. The summed E-state index contributed by atoms with van der Waals surface area (Å²) in [6.07, 6.45) is 4.54. The largest absolute Gasteiger partial charge is 0.338 e. The highest BCUT2D eigenvalue weighted by Crippen LogP contribution is 1.83. The normalized spacial score (nSPS) is 9.40. The SMILES string of the molecule is CBCNCCCBCN. The molecule has 0 atom stereocenters. The summed E-state index contributed by atoms with van der Waals surface area (Å²) < 4.78 is 0. The average Bonchev–Trinajstić information content (AvgIpc) is 1.97. The van der Waals surface area contributed by atoms with E-state index < -0.39 is 0 Å². The zero-order chi connectivity index (χ0) is 7.66. The fourth-order valence-electron chi connectivity index (χ4n) is 0.873. The minimum Gasteiger partial charge on any atom is -0.338 e. The van der Waals surface area contributed by atoms with Gasteiger partial charge in [0, 0.05) is 0 Å². The van der Waals surface area contributed by atoms with Gasteiger partial charge in [-0.1, -0.05) is 13.1 Å². The molecule has 4 heteroatoms. The number of hydrogen-bond donors (Lipinski definition) is 2. The first-order valence-electron chi connectivity index (χ1n) is 4.32. The molecule has 0 amide bonds. The van der Waals surface area contributed by atoms with Gasteiger partial charge in [-0.2, -0.15) is 0 Å². The molecule has 0 radical (unpaired) electrons. The lowest BCUT2D eigenvalue weighted by Gasteiger charge is -1.99. The number of hydrogen-bond acceptors (Lipinski definition) is 2. The Balaban J connectivity index is 2.65. The van der Waals surface area contributed by atoms with Crippen molar-refractivity contribution < 1.29 is 0 Å². The fraction of sp³-hybridized carbons (Fsp3) is 1.00. The molecule has 0 aliphatic rings. The second kappa shape index (κ2) is 9.05. The van der Waals surface area contributed by atoms with Crippen LogP contribution >= 0.6 is 0 Å². The predicted octanol–water partition coefficient (Wildman–Crippen LogP) is -0.821. The van der Waals surface area contributed by atoms with E-state index in [1.54, 1.807) is 0 Å². The lowest BCUT2D eigenvalue weighted by atomic mass is 9.74. The van der Waals surface area contributed by atoms with Gasteiger partial charge in [0.2, 0.25) is 0 Å². The molecule has 2 nitrogen and oxygen atoms in total. The molecule has 10 heavy (non-hydrogen) atoms. The maximum Gasteiger partial charge on any atom is 0.137 e. The second-order valence-corrected chi connectivity index (χ2v) is 2.60. The highest BCUT2D eigenvalue weighted by Gasteiger charge is 1.88. The molecule has 0 heterocycles. The van der Waals surface area contributed by atoms with Crippen LogP contribution in [0.15, 0.2) is 0 Å². The third kappa shape index (κ3) is 8.05. The Labute approximate surface area is 65.4 Å². The Morgan fingerprint density at radius 2 is 2.30 bits per heavy atom. The van der Waals surface area contributed by atoms with E-state index in [4.69, 9.17) is 5.73 Å². The van der Waals surface area contributed by atoms with Gasteiger partial charge in [-0.05, 0) is 25.9 Å². The number of nitrogens with two attached hydrogens (primary N) is 1. The van der Waals surface area contributed by atoms with Crippen LogP contribution in [-0.4, -0.2) is 34.0 Å². The van der Waals surface area contributed by atoms with Crippen molar-refractivity contribution in [1.29, 1.82) is 0 Å². The lowest BCUT2D eigenvalue weighted by Crippen LogP contribution is -2.20. The molecule has 0 rings (SSSR count). The van der Waals surface area contributed by atoms with Gasteiger partial charge in [0.15, 0.2) is 0 Å². The molecule has 0 spiro atoms. The quantitative estimate of drug-likeness (QED) is 0.358. The Morgan fingerprint density at radius 3 is 2.90 bits per heavy atom. The van der Waals surface area contributed by atoms with Gasteiger partial charge in [-0.15, -0.1) is 0 Å². The molecular formula is C6H18B2N2. The minimum absolute atomic E-state index is 0.841. The van der Waals surface area contributed by atoms with Crippen LogP contribution in [0, 0.1) is 0 Å². The van der Waals surface area contributed by atoms with Gasteiger partial charge in [0.1, 0.15) is 14.6 Å². The molecule has 0 aliphatic heterocycles. The molecule has 0 aliphatic carbocycles. The van der Waals surface area contributed by atoms with Crippen molar-refractivity contribution in [2.45, 2.75) is 19.6 Å². The van der Waals surface area contributed by atoms with Gasteiger partial charge >= 0.3 is 0 Å². The highest BCUT2D eigenvalue weighted by atomic mass is 14.8. The topological polar surface area (TPSA) is 38.0 Å². The van der Waals surface area contributed by atoms with Gasteiger partial charge in [-0.3, -0.25) is 0 Å². The van der Waals surface area contributed by atoms with Crippen molar-refractivity contribution >= 4 is 14.6 Å². The van der Waals surface area contributed by atoms with Gasteiger partial charge in [0.05, 0.1) is 0 Å². The van der Waals surface area contributed by atoms with E-state index in [2.05, 4.69) is 12.1 Å². The molecular weight excluding hydrogens is 122 g/mol. The zero-order valence-corrected chi connectivity index (χ0v) is 7.03. The van der Waals surface area contributed by atoms with Crippen LogP contribution in [-0.2, 0) is 0 Å². The zero-order valence-electron chi connectivity index (χ0n) is 7.03. The smallest absolute Gasteiger partial charge is 0.137 e. The molecule has 0 unspecified atom stereocenters. The minimum atomic E-state index is 0.841. The van der Waals surface area contributed by atoms with E-state index in [1.165, 1.54) is 27.3 Å². The Bertz CT molecular complexity index is 53.7. The third-order valence-electron chi connectivity index (χ3n) is 1.48. The third-order valence-corrected chi connectivity index (χ3v) is 1.48. The van der Waals surface area contributed by atoms with Crippen molar-refractivity contribution in [3.8, 4) is 0 Å². The number of nitrogens with one attached hydrogen (secondary N) is 1. The van der Waals surface area contributed by atoms with E-state index in [0.717, 1.165) is 19.4 Å². The number of rotatable bonds is 7. The van der Waals surface area contributed by atoms with Gasteiger partial charge < -0.3 is 11.1 Å². The van der Waals surface area contributed by atoms with Crippen LogP contribution < -0.4 is 11.1 Å². The summed E-state index contributed by atoms with van der Waals surface area (Å²) in [6.45, 7) is 3.35. The van der Waals surface area contributed by atoms with Crippen LogP contribution in [0.5, 0.6) is 0 Å². The van der Waals surface area contributed by atoms with Crippen molar-refractivity contribution in [3.63, 3.8) is 0 Å². The Morgan fingerprint density at radius 1 is 1.50 bits per heavy atom. The molecule has 0 aromatic heterocycles. The molecule has 0 aromatic carbocycles. The summed E-state index contributed by atoms with van der Waals surface area (Å²) in [4.78, 5) is 0. The Hall–Kier alpha value is 0.0499. The van der Waals surface area contributed by atoms with Crippen molar-refractivity contribution in [2.24, 2.45) is 5.73 Å². The summed E-state index contributed by atoms with van der Waals surface area (Å²) in [5.74, 6) is 0. The average molecular weight is 140 g/mol. The van der Waals surface area contributed by atoms with Crippen LogP contribution in [0.3, 0.4) is 0 Å². The molecule has 0 saturated carbocycles. The van der Waals surface area contributed by atoms with Crippen LogP contribution in [0.1, 0.15) is 6.42 Å². The first-order valence-corrected chi connectivity index (χ1v) is 4.32. The standard InChI is InChI=1S/C6H18B2N2/c1-7-6-10-4-2-3-8-5-9/h7-8,10H,2-6,9H2,1H3. The van der Waals surface area contributed by atoms with E-state index in [-0.39, 0.29) is 0 Å². The first-order chi connectivity index (χ1) is 4.91. The van der Waals surface area contributed by atoms with Crippen LogP contribution in [0.2, 0.25) is 13.1 Å². The van der Waals surface area contributed by atoms with E-state index in [1.807, 2.05) is 0 Å². The lowest BCUT2D eigenvalue weighted by molar-refractivity contribution is 0.747. The van der Waals surface area contributed by atoms with Crippen molar-refractivity contribution in [3.05, 3.63) is 0 Å².